The fourth-order valence-electron chi connectivity index (χ4n) is 1.55. The average Bonchev–Trinajstić information content (AvgIpc) is 2.29. The summed E-state index contributed by atoms with van der Waals surface area (Å²) < 4.78 is 14.0. The number of carbonyl (C=O) groups is 4. The van der Waals surface area contributed by atoms with Gasteiger partial charge in [0.25, 0.3) is 0 Å². The third-order valence-electron chi connectivity index (χ3n) is 2.22. The van der Waals surface area contributed by atoms with Crippen molar-refractivity contribution in [2.75, 3.05) is 0 Å². The van der Waals surface area contributed by atoms with Crippen LogP contribution in [0.15, 0.2) is 0 Å². The van der Waals surface area contributed by atoms with Gasteiger partial charge in [-0.05, 0) is 6.92 Å². The van der Waals surface area contributed by atoms with E-state index in [-0.39, 0.29) is 0 Å². The molecule has 0 rings (SSSR count). The lowest BCUT2D eigenvalue weighted by Gasteiger charge is -2.31. The van der Waals surface area contributed by atoms with Gasteiger partial charge in [-0.15, -0.1) is 0 Å². The number of halogens is 1. The first kappa shape index (κ1) is 19.8. The van der Waals surface area contributed by atoms with Crippen molar-refractivity contribution in [2.45, 2.75) is 52.1 Å². The second kappa shape index (κ2) is 8.93. The lowest BCUT2D eigenvalue weighted by atomic mass is 10.0. The molecule has 0 heterocycles. The van der Waals surface area contributed by atoms with Crippen molar-refractivity contribution in [3.8, 4) is 0 Å². The summed E-state index contributed by atoms with van der Waals surface area (Å²) in [6.45, 7) is 4.52. The predicted molar refractivity (Wildman–Crippen MR) is 77.4 cm³/mol. The van der Waals surface area contributed by atoms with Gasteiger partial charge < -0.3 is 19.3 Å². The molecule has 8 nitrogen and oxygen atoms in total. The summed E-state index contributed by atoms with van der Waals surface area (Å²) in [5.74, 6) is -2.32. The van der Waals surface area contributed by atoms with E-state index in [9.17, 15) is 24.3 Å². The Kier molecular flexibility index (Phi) is 8.40. The number of hydrogen-bond donors (Lipinski definition) is 1. The van der Waals surface area contributed by atoms with Crippen molar-refractivity contribution in [3.63, 3.8) is 0 Å². The van der Waals surface area contributed by atoms with Crippen LogP contribution in [0.3, 0.4) is 0 Å². The molecule has 21 heavy (non-hydrogen) atoms. The molecule has 9 heteroatoms. The van der Waals surface area contributed by atoms with Crippen molar-refractivity contribution < 1.29 is 38.5 Å². The highest BCUT2D eigenvalue weighted by Gasteiger charge is 2.42. The minimum absolute atomic E-state index is 0.646. The highest BCUT2D eigenvalue weighted by atomic mass is 127. The van der Waals surface area contributed by atoms with Crippen LogP contribution in [0.5, 0.6) is 0 Å². The quantitative estimate of drug-likeness (QED) is 0.269. The summed E-state index contributed by atoms with van der Waals surface area (Å²) in [6.07, 6.45) is -5.55. The van der Waals surface area contributed by atoms with Gasteiger partial charge in [-0.1, -0.05) is 0 Å². The Labute approximate surface area is 135 Å². The number of hydrogen-bond acceptors (Lipinski definition) is 8. The molecule has 0 unspecified atom stereocenters. The third-order valence-corrected chi connectivity index (χ3v) is 2.83. The van der Waals surface area contributed by atoms with Crippen molar-refractivity contribution in [1.29, 1.82) is 0 Å². The molecular formula is C12H17IO8. The van der Waals surface area contributed by atoms with E-state index < -0.39 is 46.1 Å². The highest BCUT2D eigenvalue weighted by Crippen LogP contribution is 2.19. The van der Waals surface area contributed by atoms with Crippen molar-refractivity contribution in [1.82, 2.24) is 0 Å². The van der Waals surface area contributed by atoms with E-state index in [0.717, 1.165) is 20.8 Å². The van der Waals surface area contributed by atoms with Crippen LogP contribution >= 0.6 is 22.6 Å². The Morgan fingerprint density at radius 2 is 1.24 bits per heavy atom. The molecule has 0 radical (unpaired) electrons. The smallest absolute Gasteiger partial charge is 0.303 e. The first-order chi connectivity index (χ1) is 9.56. The van der Waals surface area contributed by atoms with E-state index in [2.05, 4.69) is 0 Å². The molecule has 0 aliphatic carbocycles. The molecule has 4 atom stereocenters. The monoisotopic (exact) mass is 416 g/mol. The van der Waals surface area contributed by atoms with Crippen LogP contribution in [0.25, 0.3) is 0 Å². The first-order valence-corrected chi connectivity index (χ1v) is 7.03. The van der Waals surface area contributed by atoms with Crippen molar-refractivity contribution in [2.24, 2.45) is 0 Å². The van der Waals surface area contributed by atoms with Crippen LogP contribution in [-0.2, 0) is 33.4 Å². The van der Waals surface area contributed by atoms with Gasteiger partial charge in [-0.3, -0.25) is 19.2 Å². The maximum atomic E-state index is 11.6. The van der Waals surface area contributed by atoms with E-state index >= 15 is 0 Å². The topological polar surface area (TPSA) is 116 Å². The molecule has 1 N–H and O–H groups in total. The fourth-order valence-corrected chi connectivity index (χ4v) is 2.03. The minimum Gasteiger partial charge on any atom is -0.456 e. The van der Waals surface area contributed by atoms with E-state index in [4.69, 9.17) is 14.2 Å². The predicted octanol–water partition coefficient (Wildman–Crippen LogP) is 0.124. The number of ether oxygens (including phenoxy) is 3. The summed E-state index contributed by atoms with van der Waals surface area (Å²) >= 11 is 1.36. The van der Waals surface area contributed by atoms with E-state index in [1.165, 1.54) is 29.5 Å². The van der Waals surface area contributed by atoms with Gasteiger partial charge >= 0.3 is 17.9 Å². The van der Waals surface area contributed by atoms with Gasteiger partial charge in [0, 0.05) is 43.4 Å². The van der Waals surface area contributed by atoms with Gasteiger partial charge in [0.15, 0.2) is 12.2 Å². The molecule has 0 aromatic heterocycles. The lowest BCUT2D eigenvalue weighted by molar-refractivity contribution is -0.190. The van der Waals surface area contributed by atoms with E-state index in [1.54, 1.807) is 0 Å². The van der Waals surface area contributed by atoms with Gasteiger partial charge in [0.05, 0.1) is 6.10 Å². The summed E-state index contributed by atoms with van der Waals surface area (Å²) in [6, 6.07) is 0. The van der Waals surface area contributed by atoms with E-state index in [0.29, 0.717) is 0 Å². The van der Waals surface area contributed by atoms with Crippen LogP contribution in [0, 0.1) is 0 Å². The molecule has 120 valence electrons. The molecule has 0 saturated carbocycles. The van der Waals surface area contributed by atoms with Crippen molar-refractivity contribution >= 4 is 44.3 Å². The number of carbonyl (C=O) groups excluding carboxylic acids is 4. The largest absolute Gasteiger partial charge is 0.456 e. The molecule has 0 aromatic rings. The summed E-state index contributed by atoms with van der Waals surface area (Å²) in [5.41, 5.74) is 0. The first-order valence-electron chi connectivity index (χ1n) is 5.95. The number of esters is 3. The minimum atomic E-state index is -1.49. The zero-order valence-corrected chi connectivity index (χ0v) is 14.1. The Morgan fingerprint density at radius 3 is 1.52 bits per heavy atom. The molecule has 0 bridgehead atoms. The second-order valence-corrected chi connectivity index (χ2v) is 5.29. The lowest BCUT2D eigenvalue weighted by Crippen LogP contribution is -2.51. The van der Waals surface area contributed by atoms with Gasteiger partial charge in [-0.2, -0.15) is 0 Å². The van der Waals surface area contributed by atoms with Gasteiger partial charge in [0.2, 0.25) is 9.89 Å². The number of aliphatic hydroxyl groups excluding tert-OH is 1. The molecule has 0 saturated heterocycles. The summed E-state index contributed by atoms with van der Waals surface area (Å²) in [5, 5.41) is 9.69. The van der Waals surface area contributed by atoms with Crippen LogP contribution in [0.1, 0.15) is 27.7 Å². The number of rotatable bonds is 7. The summed E-state index contributed by atoms with van der Waals surface area (Å²) in [4.78, 5) is 45.0. The summed E-state index contributed by atoms with van der Waals surface area (Å²) in [7, 11) is 0. The van der Waals surface area contributed by atoms with Crippen LogP contribution in [0.2, 0.25) is 0 Å². The molecule has 0 aromatic carbocycles. The van der Waals surface area contributed by atoms with E-state index in [1.807, 2.05) is 0 Å². The Balaban J connectivity index is 5.55. The fraction of sp³-hybridized carbons (Fsp3) is 0.667. The SMILES string of the molecule is CC(=O)O[C@H]([C@H](OC(C)=O)[C@@H](OC(C)=O)C(=O)I)[C@@H](C)O. The number of aliphatic hydroxyl groups is 1. The average molecular weight is 416 g/mol. The van der Waals surface area contributed by atoms with Gasteiger partial charge in [0.1, 0.15) is 0 Å². The Hall–Kier alpha value is -1.23. The van der Waals surface area contributed by atoms with Gasteiger partial charge in [-0.25, -0.2) is 0 Å². The molecule has 0 fully saturated rings. The Morgan fingerprint density at radius 1 is 0.857 bits per heavy atom. The molecule has 0 aliphatic rings. The van der Waals surface area contributed by atoms with Crippen LogP contribution in [0.4, 0.5) is 0 Å². The molecule has 0 spiro atoms. The molecule has 0 aliphatic heterocycles. The van der Waals surface area contributed by atoms with Crippen molar-refractivity contribution in [3.05, 3.63) is 0 Å². The molecular weight excluding hydrogens is 399 g/mol. The third kappa shape index (κ3) is 7.37. The Bertz CT molecular complexity index is 419. The second-order valence-electron chi connectivity index (χ2n) is 4.22. The zero-order chi connectivity index (χ0) is 16.7. The van der Waals surface area contributed by atoms with Crippen LogP contribution in [-0.4, -0.2) is 51.2 Å². The maximum Gasteiger partial charge on any atom is 0.303 e. The maximum absolute atomic E-state index is 11.6. The molecule has 0 amide bonds. The van der Waals surface area contributed by atoms with Crippen LogP contribution < -0.4 is 0 Å². The standard InChI is InChI=1S/C12H17IO8/c1-5(14)9(19-6(2)15)10(20-7(3)16)11(12(13)18)21-8(4)17/h5,9-11,14H,1-4H3/t5-,9+,10+,11-/m1/s1. The zero-order valence-electron chi connectivity index (χ0n) is 12.0. The normalized spacial score (nSPS) is 16.1. The highest BCUT2D eigenvalue weighted by molar-refractivity contribution is 14.1.